The van der Waals surface area contributed by atoms with Crippen LogP contribution in [0.1, 0.15) is 10.4 Å². The number of carbonyl (C=O) groups is 2. The number of carboxylic acids is 1. The molecule has 0 bridgehead atoms. The fraction of sp³-hybridized carbons (Fsp3) is 0.385. The van der Waals surface area contributed by atoms with Crippen molar-refractivity contribution in [1.82, 2.24) is 5.32 Å². The highest BCUT2D eigenvalue weighted by Crippen LogP contribution is 2.39. The highest BCUT2D eigenvalue weighted by atomic mass is 16.5. The molecule has 8 nitrogen and oxygen atoms in total. The van der Waals surface area contributed by atoms with Gasteiger partial charge in [0.05, 0.1) is 33.4 Å². The second-order valence-electron chi connectivity index (χ2n) is 3.95. The number of nitrogens with one attached hydrogen (secondary N) is 1. The average molecular weight is 299 g/mol. The number of amides is 1. The lowest BCUT2D eigenvalue weighted by Gasteiger charge is -2.15. The van der Waals surface area contributed by atoms with Crippen molar-refractivity contribution in [2.75, 3.05) is 27.9 Å². The Balaban J connectivity index is 3.01. The summed E-state index contributed by atoms with van der Waals surface area (Å²) in [5.41, 5.74) is 0.132. The topological polar surface area (TPSA) is 114 Å². The van der Waals surface area contributed by atoms with E-state index in [4.69, 9.17) is 24.4 Å². The largest absolute Gasteiger partial charge is 0.493 e. The molecule has 8 heteroatoms. The van der Waals surface area contributed by atoms with E-state index in [1.54, 1.807) is 0 Å². The molecular weight excluding hydrogens is 282 g/mol. The smallest absolute Gasteiger partial charge is 0.334 e. The zero-order valence-electron chi connectivity index (χ0n) is 11.9. The van der Waals surface area contributed by atoms with Gasteiger partial charge in [0.1, 0.15) is 0 Å². The van der Waals surface area contributed by atoms with E-state index < -0.39 is 24.5 Å². The fourth-order valence-electron chi connectivity index (χ4n) is 1.65. The summed E-state index contributed by atoms with van der Waals surface area (Å²) >= 11 is 0. The Kier molecular flexibility index (Phi) is 5.79. The van der Waals surface area contributed by atoms with Crippen molar-refractivity contribution >= 4 is 11.9 Å². The predicted octanol–water partition coefficient (Wildman–Crippen LogP) is -0.112. The number of benzene rings is 1. The minimum absolute atomic E-state index is 0.132. The van der Waals surface area contributed by atoms with E-state index in [2.05, 4.69) is 5.32 Å². The van der Waals surface area contributed by atoms with E-state index in [1.807, 2.05) is 0 Å². The summed E-state index contributed by atoms with van der Waals surface area (Å²) in [7, 11) is 4.21. The van der Waals surface area contributed by atoms with E-state index in [9.17, 15) is 9.59 Å². The maximum atomic E-state index is 12.0. The van der Waals surface area contributed by atoms with E-state index in [-0.39, 0.29) is 17.1 Å². The van der Waals surface area contributed by atoms with Gasteiger partial charge in [0.25, 0.3) is 5.91 Å². The summed E-state index contributed by atoms with van der Waals surface area (Å²) in [5.74, 6) is -1.25. The van der Waals surface area contributed by atoms with Crippen molar-refractivity contribution in [1.29, 1.82) is 0 Å². The summed E-state index contributed by atoms with van der Waals surface area (Å²) in [6, 6.07) is 2.96. The number of methoxy groups -OCH3 is 3. The van der Waals surface area contributed by atoms with E-state index in [1.165, 1.54) is 33.5 Å². The zero-order valence-corrected chi connectivity index (χ0v) is 11.9. The highest BCUT2D eigenvalue weighted by Gasteiger charge is 2.22. The standard InChI is InChI=1S/C13H17NO7/c1-19-9-5-4-7(10(20-2)11(9)21-3)12(16)14-6-8(15)13(17)18/h4-5,8,15H,6H2,1-3H3,(H,14,16)(H,17,18)/t8-/m0/s1. The van der Waals surface area contributed by atoms with Gasteiger partial charge < -0.3 is 29.7 Å². The Morgan fingerprint density at radius 3 is 2.24 bits per heavy atom. The first-order valence-electron chi connectivity index (χ1n) is 5.94. The Morgan fingerprint density at radius 1 is 1.14 bits per heavy atom. The zero-order chi connectivity index (χ0) is 16.0. The van der Waals surface area contributed by atoms with Crippen molar-refractivity contribution in [3.8, 4) is 17.2 Å². The Hall–Kier alpha value is -2.48. The summed E-state index contributed by atoms with van der Waals surface area (Å²) in [6.07, 6.45) is -1.68. The van der Waals surface area contributed by atoms with Gasteiger partial charge in [-0.15, -0.1) is 0 Å². The molecule has 1 aromatic carbocycles. The van der Waals surface area contributed by atoms with Crippen LogP contribution >= 0.6 is 0 Å². The van der Waals surface area contributed by atoms with Crippen LogP contribution in [0.5, 0.6) is 17.2 Å². The molecule has 0 spiro atoms. The molecule has 1 atom stereocenters. The minimum atomic E-state index is -1.68. The van der Waals surface area contributed by atoms with Crippen LogP contribution in [-0.2, 0) is 4.79 Å². The third-order valence-corrected chi connectivity index (χ3v) is 2.69. The van der Waals surface area contributed by atoms with Crippen molar-refractivity contribution in [2.24, 2.45) is 0 Å². The number of carbonyl (C=O) groups excluding carboxylic acids is 1. The van der Waals surface area contributed by atoms with Gasteiger partial charge in [-0.3, -0.25) is 4.79 Å². The molecule has 0 saturated heterocycles. The molecular formula is C13H17NO7. The van der Waals surface area contributed by atoms with Gasteiger partial charge in [0, 0.05) is 0 Å². The number of rotatable bonds is 7. The molecule has 0 heterocycles. The van der Waals surface area contributed by atoms with Crippen LogP contribution in [0.25, 0.3) is 0 Å². The molecule has 0 fully saturated rings. The Labute approximate surface area is 121 Å². The number of aliphatic carboxylic acids is 1. The normalized spacial score (nSPS) is 11.4. The van der Waals surface area contributed by atoms with E-state index >= 15 is 0 Å². The third-order valence-electron chi connectivity index (χ3n) is 2.69. The lowest BCUT2D eigenvalue weighted by molar-refractivity contribution is -0.146. The predicted molar refractivity (Wildman–Crippen MR) is 72.1 cm³/mol. The lowest BCUT2D eigenvalue weighted by atomic mass is 10.1. The number of aliphatic hydroxyl groups is 1. The monoisotopic (exact) mass is 299 g/mol. The van der Waals surface area contributed by atoms with Crippen molar-refractivity contribution < 1.29 is 34.0 Å². The van der Waals surface area contributed by atoms with Gasteiger partial charge in [-0.25, -0.2) is 4.79 Å². The number of carboxylic acid groups (broad SMARTS) is 1. The summed E-state index contributed by atoms with van der Waals surface area (Å²) < 4.78 is 15.4. The molecule has 21 heavy (non-hydrogen) atoms. The summed E-state index contributed by atoms with van der Waals surface area (Å²) in [5, 5.41) is 20.0. The first-order valence-corrected chi connectivity index (χ1v) is 5.94. The van der Waals surface area contributed by atoms with Crippen LogP contribution < -0.4 is 19.5 Å². The molecule has 0 unspecified atom stereocenters. The Bertz CT molecular complexity index is 529. The van der Waals surface area contributed by atoms with Crippen molar-refractivity contribution in [3.63, 3.8) is 0 Å². The molecule has 116 valence electrons. The lowest BCUT2D eigenvalue weighted by Crippen LogP contribution is -2.36. The van der Waals surface area contributed by atoms with Crippen LogP contribution in [0.2, 0.25) is 0 Å². The van der Waals surface area contributed by atoms with Crippen LogP contribution in [0.3, 0.4) is 0 Å². The second-order valence-corrected chi connectivity index (χ2v) is 3.95. The second kappa shape index (κ2) is 7.34. The van der Waals surface area contributed by atoms with E-state index in [0.717, 1.165) is 0 Å². The molecule has 0 aliphatic carbocycles. The van der Waals surface area contributed by atoms with Crippen molar-refractivity contribution in [2.45, 2.75) is 6.10 Å². The molecule has 1 rings (SSSR count). The highest BCUT2D eigenvalue weighted by molar-refractivity contribution is 5.98. The molecule has 1 amide bonds. The molecule has 0 radical (unpaired) electrons. The van der Waals surface area contributed by atoms with Gasteiger partial charge in [-0.1, -0.05) is 0 Å². The number of ether oxygens (including phenoxy) is 3. The summed E-state index contributed by atoms with van der Waals surface area (Å²) in [6.45, 7) is -0.425. The van der Waals surface area contributed by atoms with Gasteiger partial charge in [0.15, 0.2) is 17.6 Å². The minimum Gasteiger partial charge on any atom is -0.493 e. The molecule has 0 aromatic heterocycles. The number of aliphatic hydroxyl groups excluding tert-OH is 1. The van der Waals surface area contributed by atoms with Gasteiger partial charge in [-0.2, -0.15) is 0 Å². The van der Waals surface area contributed by atoms with Gasteiger partial charge in [-0.05, 0) is 12.1 Å². The maximum absolute atomic E-state index is 12.0. The molecule has 0 aliphatic heterocycles. The van der Waals surface area contributed by atoms with Crippen LogP contribution in [0, 0.1) is 0 Å². The molecule has 3 N–H and O–H groups in total. The first kappa shape index (κ1) is 16.6. The Morgan fingerprint density at radius 2 is 1.76 bits per heavy atom. The third kappa shape index (κ3) is 3.76. The van der Waals surface area contributed by atoms with Crippen molar-refractivity contribution in [3.05, 3.63) is 17.7 Å². The van der Waals surface area contributed by atoms with Crippen LogP contribution in [-0.4, -0.2) is 56.1 Å². The maximum Gasteiger partial charge on any atom is 0.334 e. The fourth-order valence-corrected chi connectivity index (χ4v) is 1.65. The SMILES string of the molecule is COc1ccc(C(=O)NC[C@H](O)C(=O)O)c(OC)c1OC. The number of hydrogen-bond acceptors (Lipinski definition) is 6. The van der Waals surface area contributed by atoms with Gasteiger partial charge >= 0.3 is 5.97 Å². The molecule has 0 aliphatic rings. The average Bonchev–Trinajstić information content (AvgIpc) is 2.49. The van der Waals surface area contributed by atoms with Crippen LogP contribution in [0.4, 0.5) is 0 Å². The summed E-state index contributed by atoms with van der Waals surface area (Å²) in [4.78, 5) is 22.5. The van der Waals surface area contributed by atoms with Gasteiger partial charge in [0.2, 0.25) is 5.75 Å². The number of hydrogen-bond donors (Lipinski definition) is 3. The quantitative estimate of drug-likeness (QED) is 0.643. The molecule has 1 aromatic rings. The van der Waals surface area contributed by atoms with E-state index in [0.29, 0.717) is 5.75 Å². The van der Waals surface area contributed by atoms with Crippen LogP contribution in [0.15, 0.2) is 12.1 Å². The molecule has 0 saturated carbocycles. The first-order chi connectivity index (χ1) is 9.96.